The van der Waals surface area contributed by atoms with Gasteiger partial charge in [-0.15, -0.1) is 0 Å². The molecular weight excluding hydrogens is 322 g/mol. The van der Waals surface area contributed by atoms with Gasteiger partial charge in [0.15, 0.2) is 5.58 Å². The monoisotopic (exact) mass is 341 g/mol. The predicted molar refractivity (Wildman–Crippen MR) is 87.7 cm³/mol. The predicted octanol–water partition coefficient (Wildman–Crippen LogP) is 3.12. The summed E-state index contributed by atoms with van der Waals surface area (Å²) >= 11 is 0. The summed E-state index contributed by atoms with van der Waals surface area (Å²) in [6.07, 6.45) is -0.421. The molecule has 2 saturated heterocycles. The topological polar surface area (TPSA) is 77.2 Å². The Morgan fingerprint density at radius 3 is 2.80 bits per heavy atom. The summed E-state index contributed by atoms with van der Waals surface area (Å²) in [5, 5.41) is 16.2. The molecule has 6 nitrogen and oxygen atoms in total. The van der Waals surface area contributed by atoms with Crippen LogP contribution in [0.15, 0.2) is 28.5 Å². The van der Waals surface area contributed by atoms with Crippen molar-refractivity contribution in [3.8, 4) is 0 Å². The molecule has 0 unspecified atom stereocenters. The molecule has 6 heteroatoms. The van der Waals surface area contributed by atoms with Gasteiger partial charge in [0.25, 0.3) is 0 Å². The van der Waals surface area contributed by atoms with E-state index in [4.69, 9.17) is 18.7 Å². The standard InChI is InChI=1S/C19H19NO5/c1-8-15-17(2)12(14(21)16-18(15,3)24-16)13-11-9(19(17,22-4)23-8)6-5-7-10(11)25-20-13/h5-8,15-16,21H,1-4H3/t8-,15-,16+,17-,18-,19-/m1/s1. The van der Waals surface area contributed by atoms with Crippen LogP contribution in [0.1, 0.15) is 32.0 Å². The number of aliphatic hydroxyl groups is 1. The average Bonchev–Trinajstić information content (AvgIpc) is 2.97. The fraction of sp³-hybridized carbons (Fsp3) is 0.526. The largest absolute Gasteiger partial charge is 0.509 e. The third kappa shape index (κ3) is 1.18. The first-order chi connectivity index (χ1) is 11.9. The molecule has 3 heterocycles. The first-order valence-electron chi connectivity index (χ1n) is 8.64. The first-order valence-corrected chi connectivity index (χ1v) is 8.64. The van der Waals surface area contributed by atoms with E-state index in [-0.39, 0.29) is 23.9 Å². The number of rotatable bonds is 1. The maximum absolute atomic E-state index is 11.1. The molecule has 0 bridgehead atoms. The van der Waals surface area contributed by atoms with Crippen LogP contribution in [0.3, 0.4) is 0 Å². The van der Waals surface area contributed by atoms with Crippen molar-refractivity contribution in [1.82, 2.24) is 5.16 Å². The minimum absolute atomic E-state index is 0.0240. The third-order valence-electron chi connectivity index (χ3n) is 6.98. The van der Waals surface area contributed by atoms with Crippen LogP contribution in [-0.2, 0) is 20.0 Å². The van der Waals surface area contributed by atoms with Gasteiger partial charge in [0.2, 0.25) is 5.79 Å². The van der Waals surface area contributed by atoms with E-state index in [0.717, 1.165) is 16.5 Å². The summed E-state index contributed by atoms with van der Waals surface area (Å²) in [4.78, 5) is 0. The maximum atomic E-state index is 11.1. The van der Waals surface area contributed by atoms with Crippen LogP contribution in [-0.4, -0.2) is 35.2 Å². The Morgan fingerprint density at radius 1 is 1.24 bits per heavy atom. The molecule has 0 saturated carbocycles. The highest BCUT2D eigenvalue weighted by molar-refractivity contribution is 5.98. The normalized spacial score (nSPS) is 46.3. The van der Waals surface area contributed by atoms with E-state index in [1.807, 2.05) is 25.1 Å². The number of benzene rings is 1. The SMILES string of the molecule is CO[C@@]12O[C@H](C)[C@H]3[C@@]4(C)O[C@H]4C(O)=C(c4noc5cccc1c45)[C@]32C. The Labute approximate surface area is 144 Å². The lowest BCUT2D eigenvalue weighted by Crippen LogP contribution is -2.53. The third-order valence-corrected chi connectivity index (χ3v) is 6.98. The van der Waals surface area contributed by atoms with Gasteiger partial charge < -0.3 is 23.8 Å². The number of ether oxygens (including phenoxy) is 3. The second-order valence-electron chi connectivity index (χ2n) is 7.98. The average molecular weight is 341 g/mol. The molecule has 0 radical (unpaired) electrons. The molecule has 6 rings (SSSR count). The van der Waals surface area contributed by atoms with Crippen LogP contribution < -0.4 is 0 Å². The van der Waals surface area contributed by atoms with Crippen molar-refractivity contribution >= 4 is 16.5 Å². The highest BCUT2D eigenvalue weighted by Crippen LogP contribution is 2.75. The van der Waals surface area contributed by atoms with Crippen molar-refractivity contribution in [3.05, 3.63) is 35.2 Å². The molecule has 1 aromatic carbocycles. The lowest BCUT2D eigenvalue weighted by atomic mass is 9.54. The van der Waals surface area contributed by atoms with Crippen molar-refractivity contribution < 1.29 is 23.8 Å². The zero-order chi connectivity index (χ0) is 17.4. The molecule has 25 heavy (non-hydrogen) atoms. The molecule has 2 aliphatic carbocycles. The summed E-state index contributed by atoms with van der Waals surface area (Å²) in [5.74, 6) is -0.765. The number of nitrogens with zero attached hydrogens (tertiary/aromatic N) is 1. The molecule has 4 aliphatic rings. The zero-order valence-corrected chi connectivity index (χ0v) is 14.5. The van der Waals surface area contributed by atoms with E-state index in [2.05, 4.69) is 19.0 Å². The van der Waals surface area contributed by atoms with Gasteiger partial charge >= 0.3 is 0 Å². The summed E-state index contributed by atoms with van der Waals surface area (Å²) in [7, 11) is 1.66. The number of fused-ring (bicyclic) bond motifs is 4. The van der Waals surface area contributed by atoms with Gasteiger partial charge in [0.1, 0.15) is 23.2 Å². The summed E-state index contributed by atoms with van der Waals surface area (Å²) < 4.78 is 24.2. The van der Waals surface area contributed by atoms with Crippen LogP contribution in [0.5, 0.6) is 0 Å². The number of methoxy groups -OCH3 is 1. The Hall–Kier alpha value is -1.89. The summed E-state index contributed by atoms with van der Waals surface area (Å²) in [6.45, 7) is 6.20. The second kappa shape index (κ2) is 3.77. The maximum Gasteiger partial charge on any atom is 0.206 e. The summed E-state index contributed by atoms with van der Waals surface area (Å²) in [6, 6.07) is 5.80. The molecule has 2 fully saturated rings. The lowest BCUT2D eigenvalue weighted by Gasteiger charge is -2.49. The molecule has 1 aromatic heterocycles. The highest BCUT2D eigenvalue weighted by Gasteiger charge is 2.80. The molecular formula is C19H19NO5. The first kappa shape index (κ1) is 14.3. The van der Waals surface area contributed by atoms with E-state index in [9.17, 15) is 5.11 Å². The number of hydrogen-bond acceptors (Lipinski definition) is 6. The van der Waals surface area contributed by atoms with Crippen LogP contribution in [0.4, 0.5) is 0 Å². The minimum atomic E-state index is -1.02. The molecule has 6 atom stereocenters. The van der Waals surface area contributed by atoms with Gasteiger partial charge in [-0.25, -0.2) is 0 Å². The van der Waals surface area contributed by atoms with Crippen molar-refractivity contribution in [2.45, 2.75) is 44.4 Å². The van der Waals surface area contributed by atoms with Crippen molar-refractivity contribution in [3.63, 3.8) is 0 Å². The smallest absolute Gasteiger partial charge is 0.206 e. The van der Waals surface area contributed by atoms with Crippen molar-refractivity contribution in [1.29, 1.82) is 0 Å². The van der Waals surface area contributed by atoms with E-state index in [1.54, 1.807) is 7.11 Å². The fourth-order valence-corrected chi connectivity index (χ4v) is 6.18. The van der Waals surface area contributed by atoms with Gasteiger partial charge in [-0.1, -0.05) is 17.3 Å². The van der Waals surface area contributed by atoms with Gasteiger partial charge in [-0.2, -0.15) is 0 Å². The highest BCUT2D eigenvalue weighted by atomic mass is 16.7. The van der Waals surface area contributed by atoms with Crippen LogP contribution in [0, 0.1) is 11.3 Å². The van der Waals surface area contributed by atoms with E-state index < -0.39 is 16.8 Å². The Bertz CT molecular complexity index is 995. The second-order valence-corrected chi connectivity index (χ2v) is 7.98. The van der Waals surface area contributed by atoms with Crippen LogP contribution in [0.2, 0.25) is 0 Å². The number of aliphatic hydroxyl groups excluding tert-OH is 1. The fourth-order valence-electron chi connectivity index (χ4n) is 6.18. The molecule has 2 aliphatic heterocycles. The summed E-state index contributed by atoms with van der Waals surface area (Å²) in [5.41, 5.74) is 1.89. The van der Waals surface area contributed by atoms with Crippen LogP contribution >= 0.6 is 0 Å². The molecule has 0 spiro atoms. The zero-order valence-electron chi connectivity index (χ0n) is 14.5. The lowest BCUT2D eigenvalue weighted by molar-refractivity contribution is -0.251. The molecule has 1 N–H and O–H groups in total. The molecule has 130 valence electrons. The van der Waals surface area contributed by atoms with Gasteiger partial charge in [0.05, 0.1) is 16.9 Å². The quantitative estimate of drug-likeness (QED) is 0.803. The van der Waals surface area contributed by atoms with E-state index >= 15 is 0 Å². The number of hydrogen-bond donors (Lipinski definition) is 1. The van der Waals surface area contributed by atoms with Gasteiger partial charge in [-0.3, -0.25) is 0 Å². The minimum Gasteiger partial charge on any atom is -0.509 e. The van der Waals surface area contributed by atoms with Crippen molar-refractivity contribution in [2.75, 3.05) is 7.11 Å². The number of epoxide rings is 1. The van der Waals surface area contributed by atoms with Crippen molar-refractivity contribution in [2.24, 2.45) is 11.3 Å². The van der Waals surface area contributed by atoms with Crippen LogP contribution in [0.25, 0.3) is 16.5 Å². The van der Waals surface area contributed by atoms with Gasteiger partial charge in [0, 0.05) is 24.2 Å². The van der Waals surface area contributed by atoms with Gasteiger partial charge in [-0.05, 0) is 26.8 Å². The number of aromatic nitrogens is 1. The van der Waals surface area contributed by atoms with E-state index in [0.29, 0.717) is 11.3 Å². The Morgan fingerprint density at radius 2 is 2.04 bits per heavy atom. The molecule has 0 amide bonds. The van der Waals surface area contributed by atoms with E-state index in [1.165, 1.54) is 0 Å². The molecule has 2 aromatic rings. The Kier molecular flexibility index (Phi) is 2.16. The Balaban J connectivity index is 1.84.